The number of halogens is 1. The molecule has 0 aromatic heterocycles. The minimum absolute atomic E-state index is 0.317. The number of nitrogens with zero attached hydrogens (tertiary/aromatic N) is 1. The third kappa shape index (κ3) is 5.61. The van der Waals surface area contributed by atoms with Crippen molar-refractivity contribution in [3.05, 3.63) is 71.8 Å². The zero-order chi connectivity index (χ0) is 16.7. The first-order valence-electron chi connectivity index (χ1n) is 8.04. The Morgan fingerprint density at radius 1 is 0.913 bits per heavy atom. The van der Waals surface area contributed by atoms with Crippen molar-refractivity contribution in [2.75, 3.05) is 6.54 Å². The molecule has 2 rings (SSSR count). The van der Waals surface area contributed by atoms with E-state index < -0.39 is 6.17 Å². The average Bonchev–Trinajstić information content (AvgIpc) is 2.55. The summed E-state index contributed by atoms with van der Waals surface area (Å²) >= 11 is 0. The van der Waals surface area contributed by atoms with Crippen LogP contribution in [0, 0.1) is 5.92 Å². The predicted molar refractivity (Wildman–Crippen MR) is 91.7 cm³/mol. The van der Waals surface area contributed by atoms with Gasteiger partial charge in [-0.3, -0.25) is 9.69 Å². The molecule has 2 aromatic rings. The van der Waals surface area contributed by atoms with Crippen LogP contribution < -0.4 is 0 Å². The van der Waals surface area contributed by atoms with Crippen LogP contribution in [0.2, 0.25) is 0 Å². The van der Waals surface area contributed by atoms with Gasteiger partial charge in [0.1, 0.15) is 0 Å². The fraction of sp³-hybridized carbons (Fsp3) is 0.350. The molecule has 2 aromatic carbocycles. The summed E-state index contributed by atoms with van der Waals surface area (Å²) < 4.78 is 13.3. The van der Waals surface area contributed by atoms with Gasteiger partial charge in [-0.1, -0.05) is 67.6 Å². The third-order valence-corrected chi connectivity index (χ3v) is 3.91. The Kier molecular flexibility index (Phi) is 6.48. The molecule has 23 heavy (non-hydrogen) atoms. The van der Waals surface area contributed by atoms with Gasteiger partial charge in [-0.15, -0.1) is 0 Å². The van der Waals surface area contributed by atoms with Crippen molar-refractivity contribution in [3.8, 4) is 0 Å². The summed E-state index contributed by atoms with van der Waals surface area (Å²) in [4.78, 5) is 14.1. The number of hydrogen-bond donors (Lipinski definition) is 0. The number of benzene rings is 2. The van der Waals surface area contributed by atoms with Crippen LogP contribution in [0.4, 0.5) is 4.39 Å². The molecule has 2 unspecified atom stereocenters. The summed E-state index contributed by atoms with van der Waals surface area (Å²) in [5.41, 5.74) is 2.38. The van der Waals surface area contributed by atoms with Crippen molar-refractivity contribution < 1.29 is 9.18 Å². The van der Waals surface area contributed by atoms with Crippen molar-refractivity contribution in [2.24, 2.45) is 5.92 Å². The molecular formula is C20H24FNO. The molecule has 0 aliphatic heterocycles. The monoisotopic (exact) mass is 313 g/mol. The number of alkyl halides is 1. The zero-order valence-corrected chi connectivity index (χ0v) is 13.8. The van der Waals surface area contributed by atoms with Gasteiger partial charge in [-0.25, -0.2) is 4.39 Å². The lowest BCUT2D eigenvalue weighted by Gasteiger charge is -2.25. The molecule has 0 spiro atoms. The Morgan fingerprint density at radius 2 is 1.35 bits per heavy atom. The number of carbonyl (C=O) groups is 1. The molecule has 0 aliphatic carbocycles. The highest BCUT2D eigenvalue weighted by Gasteiger charge is 2.22. The lowest BCUT2D eigenvalue weighted by Crippen LogP contribution is -2.33. The number of hydrogen-bond acceptors (Lipinski definition) is 2. The first-order chi connectivity index (χ1) is 11.1. The number of rotatable bonds is 8. The first-order valence-corrected chi connectivity index (χ1v) is 8.04. The normalized spacial score (nSPS) is 13.7. The van der Waals surface area contributed by atoms with Crippen LogP contribution in [0.1, 0.15) is 25.0 Å². The van der Waals surface area contributed by atoms with Gasteiger partial charge in [0, 0.05) is 25.6 Å². The van der Waals surface area contributed by atoms with Crippen LogP contribution in [0.3, 0.4) is 0 Å². The van der Waals surface area contributed by atoms with Gasteiger partial charge >= 0.3 is 0 Å². The van der Waals surface area contributed by atoms with Crippen molar-refractivity contribution in [3.63, 3.8) is 0 Å². The number of carbonyl (C=O) groups excluding carboxylic acids is 1. The topological polar surface area (TPSA) is 20.3 Å². The Morgan fingerprint density at radius 3 is 1.74 bits per heavy atom. The van der Waals surface area contributed by atoms with Crippen LogP contribution >= 0.6 is 0 Å². The predicted octanol–water partition coefficient (Wildman–Crippen LogP) is 4.25. The summed E-state index contributed by atoms with van der Waals surface area (Å²) in [5, 5.41) is 0. The minimum Gasteiger partial charge on any atom is -0.296 e. The Bertz CT molecular complexity index is 556. The molecule has 2 atom stereocenters. The van der Waals surface area contributed by atoms with Gasteiger partial charge in [0.2, 0.25) is 0 Å². The molecule has 2 nitrogen and oxygen atoms in total. The highest BCUT2D eigenvalue weighted by molar-refractivity contribution is 5.84. The molecule has 0 fully saturated rings. The van der Waals surface area contributed by atoms with Crippen LogP contribution in [0.15, 0.2) is 60.7 Å². The molecule has 3 heteroatoms. The van der Waals surface area contributed by atoms with Crippen molar-refractivity contribution in [1.29, 1.82) is 0 Å². The summed E-state index contributed by atoms with van der Waals surface area (Å²) in [6.07, 6.45) is -1.40. The Labute approximate surface area is 137 Å². The van der Waals surface area contributed by atoms with E-state index in [-0.39, 0.29) is 11.7 Å². The SMILES string of the molecule is CC(F)C(=O)C(C)CN(Cc1ccccc1)Cc1ccccc1. The Balaban J connectivity index is 2.09. The molecule has 0 heterocycles. The molecule has 0 amide bonds. The average molecular weight is 313 g/mol. The first kappa shape index (κ1) is 17.4. The summed E-state index contributed by atoms with van der Waals surface area (Å²) in [5.74, 6) is -0.640. The van der Waals surface area contributed by atoms with E-state index in [1.165, 1.54) is 18.1 Å². The highest BCUT2D eigenvalue weighted by atomic mass is 19.1. The molecule has 0 radical (unpaired) electrons. The summed E-state index contributed by atoms with van der Waals surface area (Å²) in [6.45, 7) is 5.16. The molecule has 0 saturated carbocycles. The van der Waals surface area contributed by atoms with Crippen molar-refractivity contribution >= 4 is 5.78 Å². The van der Waals surface area contributed by atoms with E-state index in [4.69, 9.17) is 0 Å². The minimum atomic E-state index is -1.40. The van der Waals surface area contributed by atoms with E-state index in [2.05, 4.69) is 29.2 Å². The van der Waals surface area contributed by atoms with Crippen molar-refractivity contribution in [2.45, 2.75) is 33.1 Å². The fourth-order valence-corrected chi connectivity index (χ4v) is 2.74. The largest absolute Gasteiger partial charge is 0.296 e. The second kappa shape index (κ2) is 8.59. The maximum absolute atomic E-state index is 13.3. The molecule has 122 valence electrons. The summed E-state index contributed by atoms with van der Waals surface area (Å²) in [6, 6.07) is 20.3. The number of ketones is 1. The van der Waals surface area contributed by atoms with E-state index in [9.17, 15) is 9.18 Å². The van der Waals surface area contributed by atoms with Crippen LogP contribution in [0.25, 0.3) is 0 Å². The quantitative estimate of drug-likeness (QED) is 0.726. The highest BCUT2D eigenvalue weighted by Crippen LogP contribution is 2.14. The number of Topliss-reactive ketones (excluding diaryl/α,β-unsaturated/α-hetero) is 1. The molecular weight excluding hydrogens is 289 g/mol. The van der Waals surface area contributed by atoms with Gasteiger partial charge in [0.15, 0.2) is 12.0 Å². The molecule has 0 aliphatic rings. The second-order valence-corrected chi connectivity index (χ2v) is 6.06. The molecule has 0 saturated heterocycles. The smallest absolute Gasteiger partial charge is 0.170 e. The zero-order valence-electron chi connectivity index (χ0n) is 13.8. The van der Waals surface area contributed by atoms with Crippen LogP contribution in [-0.4, -0.2) is 23.4 Å². The molecule has 0 N–H and O–H groups in total. The fourth-order valence-electron chi connectivity index (χ4n) is 2.74. The van der Waals surface area contributed by atoms with Crippen LogP contribution in [-0.2, 0) is 17.9 Å². The third-order valence-electron chi connectivity index (χ3n) is 3.91. The maximum Gasteiger partial charge on any atom is 0.170 e. The van der Waals surface area contributed by atoms with Gasteiger partial charge in [0.25, 0.3) is 0 Å². The van der Waals surface area contributed by atoms with Gasteiger partial charge in [-0.2, -0.15) is 0 Å². The molecule has 0 bridgehead atoms. The van der Waals surface area contributed by atoms with E-state index in [1.807, 2.05) is 36.4 Å². The summed E-state index contributed by atoms with van der Waals surface area (Å²) in [7, 11) is 0. The van der Waals surface area contributed by atoms with Gasteiger partial charge < -0.3 is 0 Å². The van der Waals surface area contributed by atoms with E-state index in [1.54, 1.807) is 6.92 Å². The van der Waals surface area contributed by atoms with E-state index in [0.717, 1.165) is 13.1 Å². The van der Waals surface area contributed by atoms with Crippen molar-refractivity contribution in [1.82, 2.24) is 4.90 Å². The van der Waals surface area contributed by atoms with E-state index in [0.29, 0.717) is 6.54 Å². The van der Waals surface area contributed by atoms with Gasteiger partial charge in [-0.05, 0) is 18.1 Å². The van der Waals surface area contributed by atoms with E-state index >= 15 is 0 Å². The standard InChI is InChI=1S/C20H24FNO/c1-16(20(23)17(2)21)13-22(14-18-9-5-3-6-10-18)15-19-11-7-4-8-12-19/h3-12,16-17H,13-15H2,1-2H3. The van der Waals surface area contributed by atoms with Crippen LogP contribution in [0.5, 0.6) is 0 Å². The lowest BCUT2D eigenvalue weighted by atomic mass is 10.0. The Hall–Kier alpha value is -2.00. The maximum atomic E-state index is 13.3. The van der Waals surface area contributed by atoms with Gasteiger partial charge in [0.05, 0.1) is 0 Å². The second-order valence-electron chi connectivity index (χ2n) is 6.06. The lowest BCUT2D eigenvalue weighted by molar-refractivity contribution is -0.127.